The van der Waals surface area contributed by atoms with Crippen molar-refractivity contribution in [2.24, 2.45) is 0 Å². The van der Waals surface area contributed by atoms with Gasteiger partial charge in [0.15, 0.2) is 0 Å². The third kappa shape index (κ3) is 4.43. The first-order valence-electron chi connectivity index (χ1n) is 8.08. The molecule has 3 rings (SSSR count). The van der Waals surface area contributed by atoms with Gasteiger partial charge in [-0.25, -0.2) is 0 Å². The van der Waals surface area contributed by atoms with Crippen LogP contribution in [0, 0.1) is 0 Å². The highest BCUT2D eigenvalue weighted by Crippen LogP contribution is 2.09. The van der Waals surface area contributed by atoms with Crippen molar-refractivity contribution in [2.45, 2.75) is 6.54 Å². The van der Waals surface area contributed by atoms with Gasteiger partial charge in [0, 0.05) is 32.7 Å². The first kappa shape index (κ1) is 16.7. The second-order valence-corrected chi connectivity index (χ2v) is 6.75. The fourth-order valence-corrected chi connectivity index (χ4v) is 3.40. The van der Waals surface area contributed by atoms with E-state index in [9.17, 15) is 9.59 Å². The van der Waals surface area contributed by atoms with Gasteiger partial charge in [-0.05, 0) is 17.0 Å². The van der Waals surface area contributed by atoms with Gasteiger partial charge in [0.1, 0.15) is 0 Å². The van der Waals surface area contributed by atoms with E-state index in [1.54, 1.807) is 6.07 Å². The summed E-state index contributed by atoms with van der Waals surface area (Å²) in [6.45, 7) is 4.12. The average molecular weight is 343 g/mol. The lowest BCUT2D eigenvalue weighted by Gasteiger charge is -2.34. The lowest BCUT2D eigenvalue weighted by molar-refractivity contribution is -0.131. The third-order valence-corrected chi connectivity index (χ3v) is 4.99. The number of nitrogens with zero attached hydrogens (tertiary/aromatic N) is 2. The Hall–Kier alpha value is -2.18. The van der Waals surface area contributed by atoms with E-state index in [2.05, 4.69) is 22.3 Å². The molecule has 1 aliphatic heterocycles. The Morgan fingerprint density at radius 3 is 2.42 bits per heavy atom. The summed E-state index contributed by atoms with van der Waals surface area (Å²) in [5.74, 6) is -0.194. The van der Waals surface area contributed by atoms with E-state index in [0.29, 0.717) is 18.0 Å². The number of nitrogens with one attached hydrogen (secondary N) is 1. The van der Waals surface area contributed by atoms with Gasteiger partial charge in [-0.3, -0.25) is 14.5 Å². The molecule has 1 aromatic carbocycles. The van der Waals surface area contributed by atoms with Crippen LogP contribution in [0.5, 0.6) is 0 Å². The molecular weight excluding hydrogens is 322 g/mol. The molecule has 1 N–H and O–H groups in total. The van der Waals surface area contributed by atoms with Crippen LogP contribution in [-0.4, -0.2) is 54.3 Å². The van der Waals surface area contributed by atoms with Crippen molar-refractivity contribution in [1.29, 1.82) is 0 Å². The zero-order valence-electron chi connectivity index (χ0n) is 13.5. The molecule has 0 atom stereocenters. The molecule has 1 aromatic heterocycles. The van der Waals surface area contributed by atoms with E-state index in [-0.39, 0.29) is 18.4 Å². The van der Waals surface area contributed by atoms with Gasteiger partial charge in [0.05, 0.1) is 11.4 Å². The van der Waals surface area contributed by atoms with E-state index in [1.165, 1.54) is 16.9 Å². The fourth-order valence-electron chi connectivity index (χ4n) is 2.76. The van der Waals surface area contributed by atoms with Crippen molar-refractivity contribution >= 4 is 23.2 Å². The monoisotopic (exact) mass is 343 g/mol. The van der Waals surface area contributed by atoms with Gasteiger partial charge >= 0.3 is 0 Å². The van der Waals surface area contributed by atoms with Crippen LogP contribution in [0.1, 0.15) is 15.2 Å². The fraction of sp³-hybridized carbons (Fsp3) is 0.333. The summed E-state index contributed by atoms with van der Waals surface area (Å²) in [5, 5.41) is 4.55. The molecule has 0 bridgehead atoms. The summed E-state index contributed by atoms with van der Waals surface area (Å²) in [6.07, 6.45) is 0. The highest BCUT2D eigenvalue weighted by molar-refractivity contribution is 7.12. The molecule has 24 heavy (non-hydrogen) atoms. The van der Waals surface area contributed by atoms with Crippen LogP contribution in [0.25, 0.3) is 0 Å². The van der Waals surface area contributed by atoms with E-state index in [0.717, 1.165) is 19.6 Å². The van der Waals surface area contributed by atoms with Gasteiger partial charge in [-0.2, -0.15) is 0 Å². The smallest absolute Gasteiger partial charge is 0.261 e. The number of carbonyl (C=O) groups is 2. The molecule has 2 amide bonds. The lowest BCUT2D eigenvalue weighted by atomic mass is 10.2. The van der Waals surface area contributed by atoms with E-state index >= 15 is 0 Å². The number of thiophene rings is 1. The maximum atomic E-state index is 12.2. The van der Waals surface area contributed by atoms with Crippen molar-refractivity contribution < 1.29 is 9.59 Å². The normalized spacial score (nSPS) is 15.2. The van der Waals surface area contributed by atoms with Crippen LogP contribution in [-0.2, 0) is 11.3 Å². The molecule has 0 aliphatic carbocycles. The molecule has 2 heterocycles. The van der Waals surface area contributed by atoms with Crippen LogP contribution in [0.3, 0.4) is 0 Å². The highest BCUT2D eigenvalue weighted by Gasteiger charge is 2.21. The van der Waals surface area contributed by atoms with Crippen LogP contribution < -0.4 is 5.32 Å². The zero-order chi connectivity index (χ0) is 16.8. The zero-order valence-corrected chi connectivity index (χ0v) is 14.3. The Morgan fingerprint density at radius 2 is 1.75 bits per heavy atom. The van der Waals surface area contributed by atoms with Gasteiger partial charge in [-0.15, -0.1) is 11.3 Å². The van der Waals surface area contributed by atoms with Crippen molar-refractivity contribution in [2.75, 3.05) is 32.7 Å². The second kappa shape index (κ2) is 8.08. The Morgan fingerprint density at radius 1 is 1.00 bits per heavy atom. The number of hydrogen-bond donors (Lipinski definition) is 1. The average Bonchev–Trinajstić information content (AvgIpc) is 3.16. The lowest BCUT2D eigenvalue weighted by Crippen LogP contribution is -2.50. The molecule has 1 saturated heterocycles. The summed E-state index contributed by atoms with van der Waals surface area (Å²) in [6, 6.07) is 13.9. The maximum absolute atomic E-state index is 12.2. The predicted molar refractivity (Wildman–Crippen MR) is 95.0 cm³/mol. The van der Waals surface area contributed by atoms with Gasteiger partial charge in [0.2, 0.25) is 5.91 Å². The molecule has 1 aliphatic rings. The highest BCUT2D eigenvalue weighted by atomic mass is 32.1. The molecule has 0 radical (unpaired) electrons. The van der Waals surface area contributed by atoms with E-state index in [4.69, 9.17) is 0 Å². The van der Waals surface area contributed by atoms with Crippen LogP contribution in [0.4, 0.5) is 0 Å². The predicted octanol–water partition coefficient (Wildman–Crippen LogP) is 1.82. The Bertz CT molecular complexity index is 665. The quantitative estimate of drug-likeness (QED) is 0.901. The summed E-state index contributed by atoms with van der Waals surface area (Å²) in [4.78, 5) is 28.9. The molecular formula is C18H21N3O2S. The van der Waals surface area contributed by atoms with Gasteiger partial charge in [-0.1, -0.05) is 36.4 Å². The standard InChI is InChI=1S/C18H21N3O2S/c22-17(13-19-18(23)16-7-4-12-24-16)21-10-8-20(9-11-21)14-15-5-2-1-3-6-15/h1-7,12H,8-11,13-14H2,(H,19,23). The van der Waals surface area contributed by atoms with Gasteiger partial charge in [0.25, 0.3) is 5.91 Å². The van der Waals surface area contributed by atoms with Crippen molar-refractivity contribution in [3.05, 3.63) is 58.3 Å². The number of benzene rings is 1. The number of hydrogen-bond acceptors (Lipinski definition) is 4. The number of rotatable bonds is 5. The van der Waals surface area contributed by atoms with Crippen molar-refractivity contribution in [3.8, 4) is 0 Å². The molecule has 5 nitrogen and oxygen atoms in total. The summed E-state index contributed by atoms with van der Waals surface area (Å²) in [7, 11) is 0. The second-order valence-electron chi connectivity index (χ2n) is 5.80. The van der Waals surface area contributed by atoms with Gasteiger partial charge < -0.3 is 10.2 Å². The summed E-state index contributed by atoms with van der Waals surface area (Å²) in [5.41, 5.74) is 1.29. The molecule has 6 heteroatoms. The SMILES string of the molecule is O=C(NCC(=O)N1CCN(Cc2ccccc2)CC1)c1cccs1. The first-order valence-corrected chi connectivity index (χ1v) is 8.96. The first-order chi connectivity index (χ1) is 11.7. The van der Waals surface area contributed by atoms with Crippen molar-refractivity contribution in [1.82, 2.24) is 15.1 Å². The maximum Gasteiger partial charge on any atom is 0.261 e. The molecule has 0 unspecified atom stereocenters. The van der Waals surface area contributed by atoms with E-state index in [1.807, 2.05) is 34.5 Å². The Kier molecular flexibility index (Phi) is 5.61. The topological polar surface area (TPSA) is 52.7 Å². The molecule has 0 saturated carbocycles. The summed E-state index contributed by atoms with van der Waals surface area (Å²) >= 11 is 1.38. The molecule has 0 spiro atoms. The molecule has 2 aromatic rings. The Balaban J connectivity index is 1.41. The van der Waals surface area contributed by atoms with Crippen molar-refractivity contribution in [3.63, 3.8) is 0 Å². The summed E-state index contributed by atoms with van der Waals surface area (Å²) < 4.78 is 0. The largest absolute Gasteiger partial charge is 0.342 e. The minimum absolute atomic E-state index is 0.0146. The van der Waals surface area contributed by atoms with Crippen LogP contribution in [0.2, 0.25) is 0 Å². The molecule has 126 valence electrons. The van der Waals surface area contributed by atoms with Crippen LogP contribution >= 0.6 is 11.3 Å². The Labute approximate surface area is 145 Å². The van der Waals surface area contributed by atoms with Crippen LogP contribution in [0.15, 0.2) is 47.8 Å². The van der Waals surface area contributed by atoms with E-state index < -0.39 is 0 Å². The number of amides is 2. The number of piperazine rings is 1. The minimum Gasteiger partial charge on any atom is -0.342 e. The third-order valence-electron chi connectivity index (χ3n) is 4.12. The number of carbonyl (C=O) groups excluding carboxylic acids is 2. The minimum atomic E-state index is -0.180. The molecule has 1 fully saturated rings.